The molecule has 0 saturated carbocycles. The van der Waals surface area contributed by atoms with Crippen LogP contribution in [0.25, 0.3) is 0 Å². The summed E-state index contributed by atoms with van der Waals surface area (Å²) in [5, 5.41) is -0.879. The van der Waals surface area contributed by atoms with Gasteiger partial charge in [0.25, 0.3) is 0 Å². The van der Waals surface area contributed by atoms with Crippen LogP contribution in [-0.2, 0) is 4.79 Å². The largest absolute Gasteiger partial charge is 0.301 e. The van der Waals surface area contributed by atoms with Gasteiger partial charge in [0.05, 0.1) is 0 Å². The summed E-state index contributed by atoms with van der Waals surface area (Å²) in [6.45, 7) is 0. The van der Waals surface area contributed by atoms with Crippen LogP contribution >= 0.6 is 11.6 Å². The van der Waals surface area contributed by atoms with Crippen molar-refractivity contribution in [2.45, 2.75) is 5.38 Å². The molecule has 0 N–H and O–H groups in total. The Morgan fingerprint density at radius 2 is 2.09 bits per heavy atom. The van der Waals surface area contributed by atoms with Gasteiger partial charge >= 0.3 is 0 Å². The molecule has 1 atom stereocenters. The number of hydrogen-bond donors (Lipinski definition) is 0. The van der Waals surface area contributed by atoms with Gasteiger partial charge in [-0.15, -0.1) is 11.6 Å². The minimum atomic E-state index is -0.879. The van der Waals surface area contributed by atoms with Crippen molar-refractivity contribution in [1.29, 1.82) is 0 Å². The van der Waals surface area contributed by atoms with Crippen molar-refractivity contribution in [3.8, 4) is 0 Å². The highest BCUT2D eigenvalue weighted by Crippen LogP contribution is 2.20. The van der Waals surface area contributed by atoms with Crippen LogP contribution in [0.4, 0.5) is 4.39 Å². The Morgan fingerprint density at radius 3 is 2.64 bits per heavy atom. The summed E-state index contributed by atoms with van der Waals surface area (Å²) in [7, 11) is 0. The van der Waals surface area contributed by atoms with Gasteiger partial charge in [-0.05, 0) is 6.07 Å². The molecule has 58 valence electrons. The standard InChI is InChI=1S/C8H6ClFO/c9-7(5-11)6-3-1-2-4-8(6)10/h1-5,7H. The van der Waals surface area contributed by atoms with Crippen LogP contribution in [0.15, 0.2) is 24.3 Å². The molecule has 0 fully saturated rings. The van der Waals surface area contributed by atoms with E-state index in [1.165, 1.54) is 12.1 Å². The van der Waals surface area contributed by atoms with Crippen molar-refractivity contribution in [3.63, 3.8) is 0 Å². The highest BCUT2D eigenvalue weighted by molar-refractivity contribution is 6.27. The average Bonchev–Trinajstić information content (AvgIpc) is 2.04. The van der Waals surface area contributed by atoms with Gasteiger partial charge < -0.3 is 4.79 Å². The third-order valence-corrected chi connectivity index (χ3v) is 1.66. The number of carbonyl (C=O) groups is 1. The van der Waals surface area contributed by atoms with Gasteiger partial charge in [-0.25, -0.2) is 4.39 Å². The molecule has 3 heteroatoms. The molecule has 0 bridgehead atoms. The van der Waals surface area contributed by atoms with Crippen LogP contribution < -0.4 is 0 Å². The van der Waals surface area contributed by atoms with E-state index in [2.05, 4.69) is 0 Å². The normalized spacial score (nSPS) is 12.5. The first kappa shape index (κ1) is 8.21. The van der Waals surface area contributed by atoms with E-state index in [0.29, 0.717) is 6.29 Å². The molecule has 1 rings (SSSR count). The van der Waals surface area contributed by atoms with Gasteiger partial charge in [-0.1, -0.05) is 18.2 Å². The first-order chi connectivity index (χ1) is 5.25. The van der Waals surface area contributed by atoms with Crippen molar-refractivity contribution >= 4 is 17.9 Å². The molecule has 0 amide bonds. The maximum Gasteiger partial charge on any atom is 0.142 e. The maximum atomic E-state index is 12.8. The Bertz CT molecular complexity index is 262. The van der Waals surface area contributed by atoms with Crippen molar-refractivity contribution in [3.05, 3.63) is 35.6 Å². The second-order valence-corrected chi connectivity index (χ2v) is 2.53. The molecule has 0 heterocycles. The molecule has 1 unspecified atom stereocenters. The number of rotatable bonds is 2. The lowest BCUT2D eigenvalue weighted by atomic mass is 10.1. The topological polar surface area (TPSA) is 17.1 Å². The lowest BCUT2D eigenvalue weighted by Crippen LogP contribution is -1.94. The molecule has 1 aromatic carbocycles. The summed E-state index contributed by atoms with van der Waals surface area (Å²) in [6, 6.07) is 5.94. The summed E-state index contributed by atoms with van der Waals surface area (Å²) in [4.78, 5) is 10.2. The Kier molecular flexibility index (Phi) is 2.60. The van der Waals surface area contributed by atoms with Crippen LogP contribution in [0.1, 0.15) is 10.9 Å². The molecule has 0 aromatic heterocycles. The number of halogens is 2. The first-order valence-corrected chi connectivity index (χ1v) is 3.53. The van der Waals surface area contributed by atoms with Crippen LogP contribution in [0.2, 0.25) is 0 Å². The highest BCUT2D eigenvalue weighted by atomic mass is 35.5. The number of alkyl halides is 1. The summed E-state index contributed by atoms with van der Waals surface area (Å²) in [5.41, 5.74) is 0.226. The van der Waals surface area contributed by atoms with E-state index in [1.54, 1.807) is 12.1 Å². The summed E-state index contributed by atoms with van der Waals surface area (Å²) in [6.07, 6.45) is 0.500. The second-order valence-electron chi connectivity index (χ2n) is 2.06. The Hall–Kier alpha value is -0.890. The van der Waals surface area contributed by atoms with E-state index < -0.39 is 11.2 Å². The molecule has 0 saturated heterocycles. The average molecular weight is 173 g/mol. The first-order valence-electron chi connectivity index (χ1n) is 3.09. The van der Waals surface area contributed by atoms with E-state index in [1.807, 2.05) is 0 Å². The van der Waals surface area contributed by atoms with Gasteiger partial charge in [-0.3, -0.25) is 0 Å². The number of benzene rings is 1. The highest BCUT2D eigenvalue weighted by Gasteiger charge is 2.09. The Labute approximate surface area is 68.8 Å². The van der Waals surface area contributed by atoms with Crippen molar-refractivity contribution in [1.82, 2.24) is 0 Å². The van der Waals surface area contributed by atoms with E-state index in [-0.39, 0.29) is 5.56 Å². The molecular formula is C8H6ClFO. The fourth-order valence-electron chi connectivity index (χ4n) is 0.772. The minimum Gasteiger partial charge on any atom is -0.301 e. The smallest absolute Gasteiger partial charge is 0.142 e. The van der Waals surface area contributed by atoms with E-state index in [0.717, 1.165) is 0 Å². The van der Waals surface area contributed by atoms with Crippen LogP contribution in [0, 0.1) is 5.82 Å². The summed E-state index contributed by atoms with van der Waals surface area (Å²) in [5.74, 6) is -0.445. The Balaban J connectivity index is 3.02. The molecule has 0 aliphatic heterocycles. The third kappa shape index (κ3) is 1.77. The quantitative estimate of drug-likeness (QED) is 0.494. The predicted molar refractivity (Wildman–Crippen MR) is 41.1 cm³/mol. The molecular weight excluding hydrogens is 167 g/mol. The molecule has 0 aliphatic carbocycles. The van der Waals surface area contributed by atoms with Gasteiger partial charge in [0.1, 0.15) is 17.5 Å². The summed E-state index contributed by atoms with van der Waals surface area (Å²) >= 11 is 5.49. The number of aldehydes is 1. The lowest BCUT2D eigenvalue weighted by molar-refractivity contribution is -0.107. The molecule has 1 aromatic rings. The molecule has 0 radical (unpaired) electrons. The van der Waals surface area contributed by atoms with Crippen molar-refractivity contribution in [2.24, 2.45) is 0 Å². The zero-order valence-electron chi connectivity index (χ0n) is 5.63. The monoisotopic (exact) mass is 172 g/mol. The Morgan fingerprint density at radius 1 is 1.45 bits per heavy atom. The van der Waals surface area contributed by atoms with Crippen LogP contribution in [0.5, 0.6) is 0 Å². The van der Waals surface area contributed by atoms with Gasteiger partial charge in [0, 0.05) is 5.56 Å². The molecule has 0 spiro atoms. The predicted octanol–water partition coefficient (Wildman–Crippen LogP) is 2.30. The van der Waals surface area contributed by atoms with Gasteiger partial charge in [0.2, 0.25) is 0 Å². The van der Waals surface area contributed by atoms with Crippen molar-refractivity contribution in [2.75, 3.05) is 0 Å². The number of hydrogen-bond acceptors (Lipinski definition) is 1. The second kappa shape index (κ2) is 3.49. The summed E-state index contributed by atoms with van der Waals surface area (Å²) < 4.78 is 12.8. The minimum absolute atomic E-state index is 0.226. The van der Waals surface area contributed by atoms with Crippen LogP contribution in [-0.4, -0.2) is 6.29 Å². The lowest BCUT2D eigenvalue weighted by Gasteiger charge is -2.01. The maximum absolute atomic E-state index is 12.8. The zero-order valence-corrected chi connectivity index (χ0v) is 6.38. The van der Waals surface area contributed by atoms with Crippen LogP contribution in [0.3, 0.4) is 0 Å². The third-order valence-electron chi connectivity index (χ3n) is 1.32. The fraction of sp³-hybridized carbons (Fsp3) is 0.125. The van der Waals surface area contributed by atoms with E-state index in [4.69, 9.17) is 11.6 Å². The van der Waals surface area contributed by atoms with E-state index >= 15 is 0 Å². The number of carbonyl (C=O) groups excluding carboxylic acids is 1. The SMILES string of the molecule is O=CC(Cl)c1ccccc1F. The molecule has 1 nitrogen and oxygen atoms in total. The van der Waals surface area contributed by atoms with Crippen molar-refractivity contribution < 1.29 is 9.18 Å². The molecule has 11 heavy (non-hydrogen) atoms. The molecule has 0 aliphatic rings. The van der Waals surface area contributed by atoms with Gasteiger partial charge in [-0.2, -0.15) is 0 Å². The van der Waals surface area contributed by atoms with E-state index in [9.17, 15) is 9.18 Å². The fourth-order valence-corrected chi connectivity index (χ4v) is 0.949. The zero-order chi connectivity index (χ0) is 8.27. The van der Waals surface area contributed by atoms with Gasteiger partial charge in [0.15, 0.2) is 0 Å².